The largest absolute Gasteiger partial charge is 0.328 e. The van der Waals surface area contributed by atoms with Crippen molar-refractivity contribution in [1.29, 1.82) is 0 Å². The van der Waals surface area contributed by atoms with Crippen molar-refractivity contribution in [3.8, 4) is 0 Å². The Kier molecular flexibility index (Phi) is 2.63. The number of carbonyl (C=O) groups is 1. The number of rotatable bonds is 2. The minimum atomic E-state index is 0.121. The van der Waals surface area contributed by atoms with Crippen LogP contribution in [0.4, 0.5) is 5.69 Å². The van der Waals surface area contributed by atoms with Crippen molar-refractivity contribution >= 4 is 11.6 Å². The van der Waals surface area contributed by atoms with Crippen molar-refractivity contribution in [3.05, 3.63) is 48.0 Å². The molecule has 3 rings (SSSR count). The predicted octanol–water partition coefficient (Wildman–Crippen LogP) is 1.78. The molecule has 1 aromatic carbocycles. The quantitative estimate of drug-likeness (QED) is 0.803. The Morgan fingerprint density at radius 3 is 3.11 bits per heavy atom. The summed E-state index contributed by atoms with van der Waals surface area (Å²) in [5.41, 5.74) is 3.58. The average Bonchev–Trinajstić information content (AvgIpc) is 2.97. The summed E-state index contributed by atoms with van der Waals surface area (Å²) in [7, 11) is 0. The van der Waals surface area contributed by atoms with Gasteiger partial charge < -0.3 is 9.47 Å². The second-order valence-electron chi connectivity index (χ2n) is 4.66. The molecule has 0 fully saturated rings. The van der Waals surface area contributed by atoms with Gasteiger partial charge in [-0.3, -0.25) is 4.79 Å². The molecule has 0 bridgehead atoms. The minimum Gasteiger partial charge on any atom is -0.328 e. The number of nitrogens with zero attached hydrogens (tertiary/aromatic N) is 3. The Bertz CT molecular complexity index is 575. The summed E-state index contributed by atoms with van der Waals surface area (Å²) in [5.74, 6) is 0.121. The van der Waals surface area contributed by atoms with Gasteiger partial charge in [-0.2, -0.15) is 0 Å². The Morgan fingerprint density at radius 2 is 2.33 bits per heavy atom. The maximum Gasteiger partial charge on any atom is 0.246 e. The van der Waals surface area contributed by atoms with Gasteiger partial charge in [0, 0.05) is 24.6 Å². The molecule has 4 heteroatoms. The molecule has 1 aliphatic rings. The van der Waals surface area contributed by atoms with Gasteiger partial charge in [-0.15, -0.1) is 0 Å². The van der Waals surface area contributed by atoms with Crippen LogP contribution in [0.2, 0.25) is 0 Å². The molecule has 0 saturated heterocycles. The molecular formula is C14H15N3O. The number of hydrogen-bond donors (Lipinski definition) is 0. The second-order valence-corrected chi connectivity index (χ2v) is 4.66. The van der Waals surface area contributed by atoms with E-state index in [0.717, 1.165) is 18.7 Å². The first-order chi connectivity index (χ1) is 8.74. The molecule has 0 unspecified atom stereocenters. The highest BCUT2D eigenvalue weighted by molar-refractivity contribution is 5.95. The Balaban J connectivity index is 1.81. The fourth-order valence-corrected chi connectivity index (χ4v) is 2.41. The van der Waals surface area contributed by atoms with E-state index in [1.54, 1.807) is 17.1 Å². The van der Waals surface area contributed by atoms with Crippen molar-refractivity contribution < 1.29 is 4.79 Å². The van der Waals surface area contributed by atoms with E-state index in [1.807, 2.05) is 17.2 Å². The molecule has 0 radical (unpaired) electrons. The molecule has 92 valence electrons. The third-order valence-corrected chi connectivity index (χ3v) is 3.31. The van der Waals surface area contributed by atoms with Gasteiger partial charge in [0.15, 0.2) is 0 Å². The number of aromatic nitrogens is 2. The first-order valence-electron chi connectivity index (χ1n) is 6.10. The normalized spacial score (nSPS) is 13.7. The highest BCUT2D eigenvalue weighted by Gasteiger charge is 2.24. The molecule has 0 atom stereocenters. The Morgan fingerprint density at radius 1 is 1.44 bits per heavy atom. The Labute approximate surface area is 106 Å². The van der Waals surface area contributed by atoms with Crippen molar-refractivity contribution in [1.82, 2.24) is 9.55 Å². The number of imidazole rings is 1. The number of benzene rings is 1. The summed E-state index contributed by atoms with van der Waals surface area (Å²) in [6, 6.07) is 6.27. The molecule has 0 aliphatic carbocycles. The minimum absolute atomic E-state index is 0.121. The van der Waals surface area contributed by atoms with E-state index in [-0.39, 0.29) is 5.91 Å². The first-order valence-corrected chi connectivity index (χ1v) is 6.10. The van der Waals surface area contributed by atoms with Gasteiger partial charge in [0.1, 0.15) is 6.54 Å². The van der Waals surface area contributed by atoms with Crippen molar-refractivity contribution in [2.45, 2.75) is 19.9 Å². The maximum absolute atomic E-state index is 12.2. The average molecular weight is 241 g/mol. The monoisotopic (exact) mass is 241 g/mol. The lowest BCUT2D eigenvalue weighted by molar-refractivity contribution is -0.119. The van der Waals surface area contributed by atoms with E-state index in [4.69, 9.17) is 0 Å². The van der Waals surface area contributed by atoms with Crippen LogP contribution in [0, 0.1) is 6.92 Å². The molecule has 0 N–H and O–H groups in total. The van der Waals surface area contributed by atoms with Crippen LogP contribution < -0.4 is 4.90 Å². The molecule has 1 amide bonds. The van der Waals surface area contributed by atoms with Gasteiger partial charge in [0.25, 0.3) is 0 Å². The van der Waals surface area contributed by atoms with Crippen LogP contribution in [0.15, 0.2) is 36.9 Å². The van der Waals surface area contributed by atoms with Gasteiger partial charge in [-0.1, -0.05) is 17.7 Å². The molecule has 1 aromatic heterocycles. The van der Waals surface area contributed by atoms with Crippen LogP contribution in [-0.2, 0) is 17.8 Å². The standard InChI is InChI=1S/C14H15N3O/c1-11-2-3-13-12(8-11)4-6-17(13)14(18)9-16-7-5-15-10-16/h2-3,5,7-8,10H,4,6,9H2,1H3. The van der Waals surface area contributed by atoms with E-state index in [9.17, 15) is 4.79 Å². The number of carbonyl (C=O) groups excluding carboxylic acids is 1. The second kappa shape index (κ2) is 4.29. The summed E-state index contributed by atoms with van der Waals surface area (Å²) >= 11 is 0. The third kappa shape index (κ3) is 1.90. The van der Waals surface area contributed by atoms with E-state index >= 15 is 0 Å². The summed E-state index contributed by atoms with van der Waals surface area (Å²) in [6.07, 6.45) is 6.12. The smallest absolute Gasteiger partial charge is 0.246 e. The molecule has 0 saturated carbocycles. The lowest BCUT2D eigenvalue weighted by Gasteiger charge is -2.17. The fourth-order valence-electron chi connectivity index (χ4n) is 2.41. The number of fused-ring (bicyclic) bond motifs is 1. The number of aryl methyl sites for hydroxylation is 1. The van der Waals surface area contributed by atoms with Crippen LogP contribution in [0.25, 0.3) is 0 Å². The highest BCUT2D eigenvalue weighted by Crippen LogP contribution is 2.28. The van der Waals surface area contributed by atoms with Crippen LogP contribution in [0.3, 0.4) is 0 Å². The molecule has 2 heterocycles. The summed E-state index contributed by atoms with van der Waals surface area (Å²) < 4.78 is 1.80. The zero-order chi connectivity index (χ0) is 12.5. The summed E-state index contributed by atoms with van der Waals surface area (Å²) in [6.45, 7) is 3.22. The van der Waals surface area contributed by atoms with Crippen molar-refractivity contribution in [2.24, 2.45) is 0 Å². The van der Waals surface area contributed by atoms with Gasteiger partial charge in [0.2, 0.25) is 5.91 Å². The van der Waals surface area contributed by atoms with Crippen LogP contribution in [0.5, 0.6) is 0 Å². The van der Waals surface area contributed by atoms with Gasteiger partial charge >= 0.3 is 0 Å². The number of anilines is 1. The highest BCUT2D eigenvalue weighted by atomic mass is 16.2. The lowest BCUT2D eigenvalue weighted by Crippen LogP contribution is -2.31. The number of amides is 1. The summed E-state index contributed by atoms with van der Waals surface area (Å²) in [5, 5.41) is 0. The molecular weight excluding hydrogens is 226 g/mol. The first kappa shape index (κ1) is 11.0. The van der Waals surface area contributed by atoms with Crippen LogP contribution in [-0.4, -0.2) is 22.0 Å². The lowest BCUT2D eigenvalue weighted by atomic mass is 10.1. The molecule has 0 spiro atoms. The van der Waals surface area contributed by atoms with Gasteiger partial charge in [-0.05, 0) is 25.0 Å². The summed E-state index contributed by atoms with van der Waals surface area (Å²) in [4.78, 5) is 18.1. The van der Waals surface area contributed by atoms with Gasteiger partial charge in [0.05, 0.1) is 6.33 Å². The van der Waals surface area contributed by atoms with E-state index in [0.29, 0.717) is 6.54 Å². The molecule has 2 aromatic rings. The van der Waals surface area contributed by atoms with Crippen molar-refractivity contribution in [3.63, 3.8) is 0 Å². The maximum atomic E-state index is 12.2. The third-order valence-electron chi connectivity index (χ3n) is 3.31. The van der Waals surface area contributed by atoms with Crippen LogP contribution >= 0.6 is 0 Å². The number of hydrogen-bond acceptors (Lipinski definition) is 2. The Hall–Kier alpha value is -2.10. The topological polar surface area (TPSA) is 38.1 Å². The van der Waals surface area contributed by atoms with E-state index < -0.39 is 0 Å². The zero-order valence-corrected chi connectivity index (χ0v) is 10.3. The predicted molar refractivity (Wildman–Crippen MR) is 69.5 cm³/mol. The molecule has 18 heavy (non-hydrogen) atoms. The zero-order valence-electron chi connectivity index (χ0n) is 10.3. The SMILES string of the molecule is Cc1ccc2c(c1)CCN2C(=O)Cn1ccnc1. The van der Waals surface area contributed by atoms with Gasteiger partial charge in [-0.25, -0.2) is 4.98 Å². The van der Waals surface area contributed by atoms with E-state index in [2.05, 4.69) is 24.0 Å². The van der Waals surface area contributed by atoms with E-state index in [1.165, 1.54) is 11.1 Å². The fraction of sp³-hybridized carbons (Fsp3) is 0.286. The van der Waals surface area contributed by atoms with Crippen molar-refractivity contribution in [2.75, 3.05) is 11.4 Å². The molecule has 1 aliphatic heterocycles. The van der Waals surface area contributed by atoms with Crippen LogP contribution in [0.1, 0.15) is 11.1 Å². The molecule has 4 nitrogen and oxygen atoms in total.